The molecule has 0 radical (unpaired) electrons. The number of esters is 1. The van der Waals surface area contributed by atoms with Gasteiger partial charge in [-0.15, -0.1) is 22.7 Å². The maximum absolute atomic E-state index is 13.9. The number of aryl methyl sites for hydroxylation is 2. The SMILES string of the molecule is CCOC(=O)c1nc(CN(CCCc2ccc(Cl)s2)C(=O)C2(c3ccc(OC)cc3)CC2)sc1C. The van der Waals surface area contributed by atoms with Gasteiger partial charge in [0.1, 0.15) is 10.8 Å². The van der Waals surface area contributed by atoms with E-state index in [1.54, 1.807) is 25.4 Å². The summed E-state index contributed by atoms with van der Waals surface area (Å²) in [5, 5.41) is 0.739. The molecule has 1 aliphatic carbocycles. The molecule has 2 heterocycles. The van der Waals surface area contributed by atoms with Gasteiger partial charge in [-0.25, -0.2) is 9.78 Å². The quantitative estimate of drug-likeness (QED) is 0.281. The number of carbonyl (C=O) groups excluding carboxylic acids is 2. The average molecular weight is 533 g/mol. The van der Waals surface area contributed by atoms with Gasteiger partial charge in [0.2, 0.25) is 5.91 Å². The van der Waals surface area contributed by atoms with E-state index in [9.17, 15) is 9.59 Å². The minimum absolute atomic E-state index is 0.109. The summed E-state index contributed by atoms with van der Waals surface area (Å²) in [7, 11) is 1.64. The van der Waals surface area contributed by atoms with Crippen LogP contribution >= 0.6 is 34.3 Å². The molecule has 0 atom stereocenters. The standard InChI is InChI=1S/C26H29ClN2O4S2/c1-4-33-24(30)23-17(2)34-22(28-23)16-29(15-5-6-20-11-12-21(27)35-20)25(31)26(13-14-26)18-7-9-19(32-3)10-8-18/h7-12H,4-6,13-16H2,1-3H3. The van der Waals surface area contributed by atoms with E-state index in [-0.39, 0.29) is 5.91 Å². The van der Waals surface area contributed by atoms with Crippen molar-refractivity contribution in [3.8, 4) is 5.75 Å². The van der Waals surface area contributed by atoms with Gasteiger partial charge in [0.05, 0.1) is 30.0 Å². The molecule has 1 saturated carbocycles. The molecule has 35 heavy (non-hydrogen) atoms. The zero-order valence-electron chi connectivity index (χ0n) is 20.1. The number of rotatable bonds is 11. The molecular formula is C26H29ClN2O4S2. The van der Waals surface area contributed by atoms with Crippen LogP contribution in [-0.4, -0.2) is 42.0 Å². The molecule has 9 heteroatoms. The van der Waals surface area contributed by atoms with E-state index in [1.807, 2.05) is 48.2 Å². The Hall–Kier alpha value is -2.42. The van der Waals surface area contributed by atoms with Crippen molar-refractivity contribution in [3.63, 3.8) is 0 Å². The van der Waals surface area contributed by atoms with Crippen molar-refractivity contribution in [2.24, 2.45) is 0 Å². The van der Waals surface area contributed by atoms with Gasteiger partial charge in [0.25, 0.3) is 0 Å². The number of thiazole rings is 1. The van der Waals surface area contributed by atoms with Crippen LogP contribution in [-0.2, 0) is 27.9 Å². The Morgan fingerprint density at radius 1 is 1.14 bits per heavy atom. The average Bonchev–Trinajstić information content (AvgIpc) is 3.43. The van der Waals surface area contributed by atoms with Gasteiger partial charge in [-0.05, 0) is 69.4 Å². The molecule has 0 aliphatic heterocycles. The van der Waals surface area contributed by atoms with Crippen molar-refractivity contribution in [3.05, 3.63) is 66.8 Å². The predicted octanol–water partition coefficient (Wildman–Crippen LogP) is 6.04. The van der Waals surface area contributed by atoms with Crippen LogP contribution in [0, 0.1) is 6.92 Å². The summed E-state index contributed by atoms with van der Waals surface area (Å²) >= 11 is 9.10. The van der Waals surface area contributed by atoms with E-state index in [0.29, 0.717) is 25.4 Å². The first-order valence-electron chi connectivity index (χ1n) is 11.7. The van der Waals surface area contributed by atoms with Crippen molar-refractivity contribution in [2.75, 3.05) is 20.3 Å². The number of nitrogens with zero attached hydrogens (tertiary/aromatic N) is 2. The lowest BCUT2D eigenvalue weighted by Gasteiger charge is -2.27. The highest BCUT2D eigenvalue weighted by atomic mass is 35.5. The summed E-state index contributed by atoms with van der Waals surface area (Å²) in [6, 6.07) is 11.7. The Morgan fingerprint density at radius 2 is 1.89 bits per heavy atom. The molecule has 2 aromatic heterocycles. The van der Waals surface area contributed by atoms with Crippen LogP contribution in [0.5, 0.6) is 5.75 Å². The van der Waals surface area contributed by atoms with Gasteiger partial charge in [-0.3, -0.25) is 4.79 Å². The lowest BCUT2D eigenvalue weighted by Crippen LogP contribution is -2.39. The van der Waals surface area contributed by atoms with Crippen molar-refractivity contribution in [1.82, 2.24) is 9.88 Å². The number of hydrogen-bond donors (Lipinski definition) is 0. The molecule has 1 aromatic carbocycles. The number of halogens is 1. The summed E-state index contributed by atoms with van der Waals surface area (Å²) in [5.41, 5.74) is 0.846. The molecule has 1 fully saturated rings. The van der Waals surface area contributed by atoms with Crippen LogP contribution in [0.15, 0.2) is 36.4 Å². The largest absolute Gasteiger partial charge is 0.497 e. The monoisotopic (exact) mass is 532 g/mol. The van der Waals surface area contributed by atoms with Crippen LogP contribution in [0.3, 0.4) is 0 Å². The Bertz CT molecular complexity index is 1180. The second kappa shape index (κ2) is 11.1. The van der Waals surface area contributed by atoms with Gasteiger partial charge in [-0.2, -0.15) is 0 Å². The lowest BCUT2D eigenvalue weighted by atomic mass is 9.94. The third-order valence-corrected chi connectivity index (χ3v) is 8.45. The molecule has 0 bridgehead atoms. The summed E-state index contributed by atoms with van der Waals surface area (Å²) in [6.07, 6.45) is 3.30. The summed E-state index contributed by atoms with van der Waals surface area (Å²) in [5.74, 6) is 0.461. The summed E-state index contributed by atoms with van der Waals surface area (Å²) in [6.45, 7) is 4.90. The molecule has 186 valence electrons. The zero-order valence-corrected chi connectivity index (χ0v) is 22.5. The second-order valence-corrected chi connectivity index (χ2v) is 11.7. The van der Waals surface area contributed by atoms with E-state index in [4.69, 9.17) is 21.1 Å². The number of thiophene rings is 1. The van der Waals surface area contributed by atoms with E-state index in [2.05, 4.69) is 4.98 Å². The van der Waals surface area contributed by atoms with Crippen molar-refractivity contribution in [1.29, 1.82) is 0 Å². The van der Waals surface area contributed by atoms with Gasteiger partial charge < -0.3 is 14.4 Å². The third-order valence-electron chi connectivity index (χ3n) is 6.21. The Labute approximate surface area is 218 Å². The van der Waals surface area contributed by atoms with Gasteiger partial charge in [0, 0.05) is 16.3 Å². The van der Waals surface area contributed by atoms with E-state index < -0.39 is 11.4 Å². The Balaban J connectivity index is 1.54. The molecular weight excluding hydrogens is 504 g/mol. The molecule has 6 nitrogen and oxygen atoms in total. The first-order valence-corrected chi connectivity index (χ1v) is 13.7. The number of methoxy groups -OCH3 is 1. The van der Waals surface area contributed by atoms with Crippen molar-refractivity contribution < 1.29 is 19.1 Å². The second-order valence-electron chi connectivity index (χ2n) is 8.58. The van der Waals surface area contributed by atoms with Crippen LogP contribution in [0.2, 0.25) is 4.34 Å². The van der Waals surface area contributed by atoms with Gasteiger partial charge in [0.15, 0.2) is 5.69 Å². The third kappa shape index (κ3) is 5.88. The first-order chi connectivity index (χ1) is 16.9. The molecule has 3 aromatic rings. The fraction of sp³-hybridized carbons (Fsp3) is 0.423. The highest BCUT2D eigenvalue weighted by Gasteiger charge is 2.53. The molecule has 1 aliphatic rings. The lowest BCUT2D eigenvalue weighted by molar-refractivity contribution is -0.134. The molecule has 0 N–H and O–H groups in total. The summed E-state index contributed by atoms with van der Waals surface area (Å²) < 4.78 is 11.2. The van der Waals surface area contributed by atoms with Crippen LogP contribution in [0.4, 0.5) is 0 Å². The van der Waals surface area contributed by atoms with E-state index in [0.717, 1.165) is 51.2 Å². The molecule has 0 saturated heterocycles. The van der Waals surface area contributed by atoms with Crippen LogP contribution in [0.1, 0.15) is 57.0 Å². The van der Waals surface area contributed by atoms with E-state index in [1.165, 1.54) is 16.2 Å². The summed E-state index contributed by atoms with van der Waals surface area (Å²) in [4.78, 5) is 34.6. The Morgan fingerprint density at radius 3 is 2.49 bits per heavy atom. The Kier molecular flexibility index (Phi) is 8.14. The van der Waals surface area contributed by atoms with Crippen molar-refractivity contribution in [2.45, 2.75) is 51.5 Å². The predicted molar refractivity (Wildman–Crippen MR) is 140 cm³/mol. The fourth-order valence-corrected chi connectivity index (χ4v) is 6.28. The van der Waals surface area contributed by atoms with Gasteiger partial charge >= 0.3 is 5.97 Å². The molecule has 0 unspecified atom stereocenters. The highest BCUT2D eigenvalue weighted by Crippen LogP contribution is 2.50. The highest BCUT2D eigenvalue weighted by molar-refractivity contribution is 7.16. The topological polar surface area (TPSA) is 68.7 Å². The fourth-order valence-electron chi connectivity index (χ4n) is 4.22. The maximum Gasteiger partial charge on any atom is 0.358 e. The number of hydrogen-bond acceptors (Lipinski definition) is 7. The molecule has 0 spiro atoms. The number of benzene rings is 1. The van der Waals surface area contributed by atoms with Crippen LogP contribution in [0.25, 0.3) is 0 Å². The number of ether oxygens (including phenoxy) is 2. The maximum atomic E-state index is 13.9. The first kappa shape index (κ1) is 25.7. The smallest absolute Gasteiger partial charge is 0.358 e. The minimum atomic E-state index is -0.505. The van der Waals surface area contributed by atoms with Crippen LogP contribution < -0.4 is 4.74 Å². The number of aromatic nitrogens is 1. The number of carbonyl (C=O) groups is 2. The van der Waals surface area contributed by atoms with Gasteiger partial charge in [-0.1, -0.05) is 23.7 Å². The van der Waals surface area contributed by atoms with E-state index >= 15 is 0 Å². The minimum Gasteiger partial charge on any atom is -0.497 e. The normalized spacial score (nSPS) is 13.9. The van der Waals surface area contributed by atoms with Crippen molar-refractivity contribution >= 4 is 46.2 Å². The zero-order chi connectivity index (χ0) is 25.0. The number of amides is 1. The molecule has 1 amide bonds. The molecule has 4 rings (SSSR count).